The summed E-state index contributed by atoms with van der Waals surface area (Å²) in [6.45, 7) is 6.11. The van der Waals surface area contributed by atoms with E-state index in [9.17, 15) is 0 Å². The third kappa shape index (κ3) is 2.08. The van der Waals surface area contributed by atoms with Crippen molar-refractivity contribution in [2.24, 2.45) is 0 Å². The molecule has 2 heteroatoms. The fourth-order valence-electron chi connectivity index (χ4n) is 1.17. The number of nitrogens with zero attached hydrogens (tertiary/aromatic N) is 1. The Kier molecular flexibility index (Phi) is 3.50. The minimum Gasteiger partial charge on any atom is -0.346 e. The van der Waals surface area contributed by atoms with E-state index < -0.39 is 0 Å². The Balaban J connectivity index is 0.000000396. The number of H-pyrrole nitrogens is 1. The maximum Gasteiger partial charge on any atom is 0.137 e. The molecule has 1 N–H and O–H groups in total. The van der Waals surface area contributed by atoms with Crippen LogP contribution in [0.25, 0.3) is 11.0 Å². The van der Waals surface area contributed by atoms with Crippen LogP contribution < -0.4 is 0 Å². The van der Waals surface area contributed by atoms with Gasteiger partial charge in [0.15, 0.2) is 0 Å². The van der Waals surface area contributed by atoms with Crippen LogP contribution in [0.4, 0.5) is 0 Å². The van der Waals surface area contributed by atoms with E-state index in [2.05, 4.69) is 29.0 Å². The lowest BCUT2D eigenvalue weighted by atomic mass is 10.2. The van der Waals surface area contributed by atoms with Gasteiger partial charge in [-0.3, -0.25) is 0 Å². The van der Waals surface area contributed by atoms with Gasteiger partial charge < -0.3 is 4.98 Å². The van der Waals surface area contributed by atoms with Crippen LogP contribution in [0.1, 0.15) is 26.5 Å². The summed E-state index contributed by atoms with van der Waals surface area (Å²) in [6.07, 6.45) is 2.91. The van der Waals surface area contributed by atoms with Gasteiger partial charge >= 0.3 is 0 Å². The van der Waals surface area contributed by atoms with Gasteiger partial charge in [-0.15, -0.1) is 0 Å². The van der Waals surface area contributed by atoms with Gasteiger partial charge in [0.05, 0.1) is 0 Å². The molecule has 0 radical (unpaired) electrons. The second-order valence-electron chi connectivity index (χ2n) is 2.57. The molecule has 0 saturated heterocycles. The number of aromatic amines is 1. The first kappa shape index (κ1) is 9.78. The lowest BCUT2D eigenvalue weighted by molar-refractivity contribution is 1.05. The summed E-state index contributed by atoms with van der Waals surface area (Å²) in [5, 5.41) is 1.18. The van der Waals surface area contributed by atoms with E-state index in [0.717, 1.165) is 17.8 Å². The molecule has 0 unspecified atom stereocenters. The Morgan fingerprint density at radius 1 is 1.23 bits per heavy atom. The van der Waals surface area contributed by atoms with Crippen LogP contribution in [0.2, 0.25) is 0 Å². The van der Waals surface area contributed by atoms with Crippen molar-refractivity contribution in [2.45, 2.75) is 27.2 Å². The highest BCUT2D eigenvalue weighted by Crippen LogP contribution is 2.09. The number of nitrogens with one attached hydrogen (secondary N) is 1. The summed E-state index contributed by atoms with van der Waals surface area (Å²) < 4.78 is 0. The van der Waals surface area contributed by atoms with Crippen molar-refractivity contribution in [3.8, 4) is 0 Å². The van der Waals surface area contributed by atoms with Crippen LogP contribution in [-0.2, 0) is 6.42 Å². The highest BCUT2D eigenvalue weighted by molar-refractivity contribution is 5.75. The van der Waals surface area contributed by atoms with Crippen LogP contribution in [-0.4, -0.2) is 9.97 Å². The van der Waals surface area contributed by atoms with Crippen LogP contribution in [0.5, 0.6) is 0 Å². The summed E-state index contributed by atoms with van der Waals surface area (Å²) in [6, 6.07) is 6.19. The molecule has 2 rings (SSSR count). The Labute approximate surface area is 79.0 Å². The first-order valence-electron chi connectivity index (χ1n) is 4.83. The summed E-state index contributed by atoms with van der Waals surface area (Å²) in [5.74, 6) is 0. The molecule has 0 aliphatic rings. The maximum atomic E-state index is 4.40. The molecule has 0 spiro atoms. The number of hydrogen-bond acceptors (Lipinski definition) is 1. The minimum absolute atomic E-state index is 0.990. The average Bonchev–Trinajstić information content (AvgIpc) is 2.67. The number of fused-ring (bicyclic) bond motifs is 1. The molecule has 0 aliphatic heterocycles. The van der Waals surface area contributed by atoms with Crippen molar-refractivity contribution in [2.75, 3.05) is 0 Å². The molecule has 0 bridgehead atoms. The Bertz CT molecular complexity index is 363. The SMILES string of the molecule is CC.CCc1ccc2cc[nH]c2n1. The Morgan fingerprint density at radius 3 is 2.69 bits per heavy atom. The van der Waals surface area contributed by atoms with Crippen molar-refractivity contribution in [3.05, 3.63) is 30.1 Å². The summed E-state index contributed by atoms with van der Waals surface area (Å²) in [7, 11) is 0. The first-order valence-corrected chi connectivity index (χ1v) is 4.83. The molecule has 70 valence electrons. The molecule has 2 aromatic heterocycles. The topological polar surface area (TPSA) is 28.7 Å². The number of aromatic nitrogens is 2. The van der Waals surface area contributed by atoms with E-state index in [1.807, 2.05) is 26.1 Å². The summed E-state index contributed by atoms with van der Waals surface area (Å²) in [4.78, 5) is 7.48. The molecule has 0 atom stereocenters. The predicted molar refractivity (Wildman–Crippen MR) is 56.8 cm³/mol. The van der Waals surface area contributed by atoms with E-state index in [0.29, 0.717) is 0 Å². The van der Waals surface area contributed by atoms with Crippen molar-refractivity contribution in [3.63, 3.8) is 0 Å². The van der Waals surface area contributed by atoms with Gasteiger partial charge in [0, 0.05) is 17.3 Å². The minimum atomic E-state index is 0.990. The first-order chi connectivity index (χ1) is 6.40. The maximum absolute atomic E-state index is 4.40. The number of aryl methyl sites for hydroxylation is 1. The fraction of sp³-hybridized carbons (Fsp3) is 0.364. The van der Waals surface area contributed by atoms with Crippen LogP contribution in [0, 0.1) is 0 Å². The van der Waals surface area contributed by atoms with E-state index in [-0.39, 0.29) is 0 Å². The highest BCUT2D eigenvalue weighted by atomic mass is 14.8. The van der Waals surface area contributed by atoms with E-state index in [1.165, 1.54) is 5.39 Å². The lowest BCUT2D eigenvalue weighted by Gasteiger charge is -1.93. The van der Waals surface area contributed by atoms with Gasteiger partial charge in [-0.1, -0.05) is 20.8 Å². The molecule has 13 heavy (non-hydrogen) atoms. The zero-order valence-electron chi connectivity index (χ0n) is 8.46. The van der Waals surface area contributed by atoms with Gasteiger partial charge in [-0.05, 0) is 24.6 Å². The largest absolute Gasteiger partial charge is 0.346 e. The van der Waals surface area contributed by atoms with Crippen molar-refractivity contribution < 1.29 is 0 Å². The quantitative estimate of drug-likeness (QED) is 0.710. The molecule has 0 saturated carbocycles. The molecule has 2 nitrogen and oxygen atoms in total. The number of rotatable bonds is 1. The third-order valence-corrected chi connectivity index (χ3v) is 1.83. The second kappa shape index (κ2) is 4.65. The van der Waals surface area contributed by atoms with Crippen LogP contribution >= 0.6 is 0 Å². The Hall–Kier alpha value is -1.31. The predicted octanol–water partition coefficient (Wildman–Crippen LogP) is 3.15. The van der Waals surface area contributed by atoms with Crippen molar-refractivity contribution in [1.82, 2.24) is 9.97 Å². The second-order valence-corrected chi connectivity index (χ2v) is 2.57. The zero-order chi connectivity index (χ0) is 9.68. The van der Waals surface area contributed by atoms with Crippen molar-refractivity contribution >= 4 is 11.0 Å². The van der Waals surface area contributed by atoms with Gasteiger partial charge in [0.25, 0.3) is 0 Å². The summed E-state index contributed by atoms with van der Waals surface area (Å²) in [5.41, 5.74) is 2.13. The van der Waals surface area contributed by atoms with Gasteiger partial charge in [-0.25, -0.2) is 4.98 Å². The van der Waals surface area contributed by atoms with Crippen LogP contribution in [0.15, 0.2) is 24.4 Å². The third-order valence-electron chi connectivity index (χ3n) is 1.83. The Morgan fingerprint density at radius 2 is 2.00 bits per heavy atom. The zero-order valence-corrected chi connectivity index (χ0v) is 8.46. The number of hydrogen-bond donors (Lipinski definition) is 1. The molecular formula is C11H16N2. The fourth-order valence-corrected chi connectivity index (χ4v) is 1.17. The molecule has 0 aliphatic carbocycles. The lowest BCUT2D eigenvalue weighted by Crippen LogP contribution is -1.85. The van der Waals surface area contributed by atoms with Crippen LogP contribution in [0.3, 0.4) is 0 Å². The molecule has 0 fully saturated rings. The smallest absolute Gasteiger partial charge is 0.137 e. The molecule has 0 amide bonds. The van der Waals surface area contributed by atoms with E-state index in [1.54, 1.807) is 0 Å². The molecular weight excluding hydrogens is 160 g/mol. The number of pyridine rings is 1. The van der Waals surface area contributed by atoms with Crippen molar-refractivity contribution in [1.29, 1.82) is 0 Å². The highest BCUT2D eigenvalue weighted by Gasteiger charge is 1.95. The molecule has 2 heterocycles. The average molecular weight is 176 g/mol. The monoisotopic (exact) mass is 176 g/mol. The van der Waals surface area contributed by atoms with Gasteiger partial charge in [0.2, 0.25) is 0 Å². The standard InChI is InChI=1S/C9H10N2.C2H6/c1-2-8-4-3-7-5-6-10-9(7)11-8;1-2/h3-6H,2H2,1H3,(H,10,11);1-2H3. The van der Waals surface area contributed by atoms with Gasteiger partial charge in [-0.2, -0.15) is 0 Å². The van der Waals surface area contributed by atoms with Gasteiger partial charge in [0.1, 0.15) is 5.65 Å². The van der Waals surface area contributed by atoms with E-state index >= 15 is 0 Å². The summed E-state index contributed by atoms with van der Waals surface area (Å²) >= 11 is 0. The van der Waals surface area contributed by atoms with E-state index in [4.69, 9.17) is 0 Å². The molecule has 2 aromatic rings. The molecule has 0 aromatic carbocycles. The normalized spacial score (nSPS) is 9.46.